The fourth-order valence-electron chi connectivity index (χ4n) is 2.11. The fraction of sp³-hybridized carbons (Fsp3) is 0.294. The van der Waals surface area contributed by atoms with Crippen LogP contribution in [0.5, 0.6) is 17.4 Å². The average Bonchev–Trinajstić information content (AvgIpc) is 2.61. The van der Waals surface area contributed by atoms with Gasteiger partial charge in [0.05, 0.1) is 31.0 Å². The molecule has 10 heteroatoms. The summed E-state index contributed by atoms with van der Waals surface area (Å²) >= 11 is 0. The van der Waals surface area contributed by atoms with Crippen molar-refractivity contribution in [3.05, 3.63) is 40.8 Å². The van der Waals surface area contributed by atoms with Crippen molar-refractivity contribution >= 4 is 5.97 Å². The fourth-order valence-corrected chi connectivity index (χ4v) is 2.11. The standard InChI is InChI=1S/C17H14F3N3O4/c1-4-26-15(24)13-9(2)22-16(17(18,19)20)23-14(13)27-11-6-5-10(8-21)7-12(11)25-3/h5-7H,4H2,1-3H3. The van der Waals surface area contributed by atoms with E-state index in [0.717, 1.165) is 0 Å². The van der Waals surface area contributed by atoms with E-state index in [1.54, 1.807) is 6.92 Å². The van der Waals surface area contributed by atoms with Crippen molar-refractivity contribution in [3.8, 4) is 23.4 Å². The van der Waals surface area contributed by atoms with Gasteiger partial charge in [-0.15, -0.1) is 0 Å². The maximum absolute atomic E-state index is 13.1. The first-order valence-electron chi connectivity index (χ1n) is 7.60. The second-order valence-electron chi connectivity index (χ2n) is 5.11. The number of alkyl halides is 3. The molecule has 0 fully saturated rings. The second kappa shape index (κ2) is 7.90. The molecule has 0 N–H and O–H groups in total. The number of esters is 1. The lowest BCUT2D eigenvalue weighted by molar-refractivity contribution is -0.145. The highest BCUT2D eigenvalue weighted by Gasteiger charge is 2.37. The molecule has 0 atom stereocenters. The van der Waals surface area contributed by atoms with Crippen molar-refractivity contribution in [2.24, 2.45) is 0 Å². The number of ether oxygens (including phenoxy) is 3. The van der Waals surface area contributed by atoms with Gasteiger partial charge in [0.25, 0.3) is 0 Å². The van der Waals surface area contributed by atoms with Gasteiger partial charge in [-0.3, -0.25) is 0 Å². The number of aryl methyl sites for hydroxylation is 1. The minimum atomic E-state index is -4.84. The number of carbonyl (C=O) groups excluding carboxylic acids is 1. The number of hydrogen-bond donors (Lipinski definition) is 0. The summed E-state index contributed by atoms with van der Waals surface area (Å²) in [5.41, 5.74) is -0.339. The molecule has 0 bridgehead atoms. The Bertz CT molecular complexity index is 908. The number of aromatic nitrogens is 2. The van der Waals surface area contributed by atoms with Gasteiger partial charge in [-0.2, -0.15) is 23.4 Å². The van der Waals surface area contributed by atoms with E-state index in [2.05, 4.69) is 9.97 Å². The monoisotopic (exact) mass is 381 g/mol. The van der Waals surface area contributed by atoms with E-state index in [9.17, 15) is 18.0 Å². The van der Waals surface area contributed by atoms with Gasteiger partial charge in [-0.25, -0.2) is 9.78 Å². The van der Waals surface area contributed by atoms with Crippen LogP contribution in [0, 0.1) is 18.3 Å². The summed E-state index contributed by atoms with van der Waals surface area (Å²) in [6, 6.07) is 5.92. The van der Waals surface area contributed by atoms with Gasteiger partial charge >= 0.3 is 12.1 Å². The molecule has 0 spiro atoms. The molecule has 1 aromatic carbocycles. The van der Waals surface area contributed by atoms with E-state index in [0.29, 0.717) is 0 Å². The molecule has 2 aromatic rings. The molecule has 0 aliphatic rings. The average molecular weight is 381 g/mol. The van der Waals surface area contributed by atoms with Crippen molar-refractivity contribution in [2.45, 2.75) is 20.0 Å². The number of carbonyl (C=O) groups is 1. The van der Waals surface area contributed by atoms with E-state index in [1.165, 1.54) is 32.2 Å². The smallest absolute Gasteiger partial charge is 0.451 e. The number of benzene rings is 1. The molecule has 0 aliphatic carbocycles. The van der Waals surface area contributed by atoms with Gasteiger partial charge in [0, 0.05) is 6.07 Å². The Morgan fingerprint density at radius 1 is 1.26 bits per heavy atom. The summed E-state index contributed by atoms with van der Waals surface area (Å²) in [7, 11) is 1.29. The number of methoxy groups -OCH3 is 1. The van der Waals surface area contributed by atoms with Crippen LogP contribution in [0.3, 0.4) is 0 Å². The molecule has 0 radical (unpaired) electrons. The number of nitriles is 1. The van der Waals surface area contributed by atoms with Crippen LogP contribution in [0.25, 0.3) is 0 Å². The molecular weight excluding hydrogens is 367 g/mol. The van der Waals surface area contributed by atoms with Crippen LogP contribution < -0.4 is 9.47 Å². The lowest BCUT2D eigenvalue weighted by Gasteiger charge is -2.15. The van der Waals surface area contributed by atoms with Crippen LogP contribution in [-0.2, 0) is 10.9 Å². The van der Waals surface area contributed by atoms with Crippen LogP contribution in [0.4, 0.5) is 13.2 Å². The van der Waals surface area contributed by atoms with Crippen molar-refractivity contribution in [1.29, 1.82) is 5.26 Å². The zero-order valence-electron chi connectivity index (χ0n) is 14.5. The SMILES string of the molecule is CCOC(=O)c1c(C)nc(C(F)(F)F)nc1Oc1ccc(C#N)cc1OC. The number of hydrogen-bond acceptors (Lipinski definition) is 7. The number of rotatable bonds is 5. The molecule has 0 unspecified atom stereocenters. The Balaban J connectivity index is 2.61. The lowest BCUT2D eigenvalue weighted by Crippen LogP contribution is -2.17. The van der Waals surface area contributed by atoms with Gasteiger partial charge in [0.2, 0.25) is 11.7 Å². The Morgan fingerprint density at radius 3 is 2.52 bits per heavy atom. The highest BCUT2D eigenvalue weighted by Crippen LogP contribution is 2.36. The molecule has 0 amide bonds. The minimum absolute atomic E-state index is 0.00107. The Labute approximate surface area is 152 Å². The molecule has 7 nitrogen and oxygen atoms in total. The van der Waals surface area contributed by atoms with Crippen LogP contribution >= 0.6 is 0 Å². The van der Waals surface area contributed by atoms with Gasteiger partial charge in [-0.05, 0) is 26.0 Å². The summed E-state index contributed by atoms with van der Waals surface area (Å²) in [6.07, 6.45) is -4.84. The Hall–Kier alpha value is -3.35. The molecule has 1 heterocycles. The maximum Gasteiger partial charge on any atom is 0.451 e. The topological polar surface area (TPSA) is 94.3 Å². The summed E-state index contributed by atoms with van der Waals surface area (Å²) in [4.78, 5) is 18.8. The van der Waals surface area contributed by atoms with Crippen molar-refractivity contribution in [3.63, 3.8) is 0 Å². The highest BCUT2D eigenvalue weighted by atomic mass is 19.4. The first-order valence-corrected chi connectivity index (χ1v) is 7.60. The molecule has 0 saturated heterocycles. The van der Waals surface area contributed by atoms with Crippen molar-refractivity contribution in [1.82, 2.24) is 9.97 Å². The van der Waals surface area contributed by atoms with Crippen LogP contribution in [0.2, 0.25) is 0 Å². The molecule has 1 aromatic heterocycles. The first-order chi connectivity index (χ1) is 12.7. The van der Waals surface area contributed by atoms with Gasteiger partial charge < -0.3 is 14.2 Å². The van der Waals surface area contributed by atoms with E-state index < -0.39 is 23.8 Å². The van der Waals surface area contributed by atoms with E-state index in [-0.39, 0.29) is 34.9 Å². The second-order valence-corrected chi connectivity index (χ2v) is 5.11. The zero-order valence-corrected chi connectivity index (χ0v) is 14.5. The predicted molar refractivity (Wildman–Crippen MR) is 85.5 cm³/mol. The molecular formula is C17H14F3N3O4. The van der Waals surface area contributed by atoms with Gasteiger partial charge in [-0.1, -0.05) is 0 Å². The summed E-state index contributed by atoms with van der Waals surface area (Å²) in [5.74, 6) is -2.97. The molecule has 0 aliphatic heterocycles. The van der Waals surface area contributed by atoms with Crippen LogP contribution in [0.1, 0.15) is 34.4 Å². The van der Waals surface area contributed by atoms with E-state index in [4.69, 9.17) is 19.5 Å². The first kappa shape index (κ1) is 20.0. The van der Waals surface area contributed by atoms with Crippen LogP contribution in [-0.4, -0.2) is 29.7 Å². The van der Waals surface area contributed by atoms with Crippen LogP contribution in [0.15, 0.2) is 18.2 Å². The summed E-state index contributed by atoms with van der Waals surface area (Å²) in [5, 5.41) is 8.92. The quantitative estimate of drug-likeness (QED) is 0.730. The summed E-state index contributed by atoms with van der Waals surface area (Å²) < 4.78 is 54.5. The molecule has 2 rings (SSSR count). The maximum atomic E-state index is 13.1. The van der Waals surface area contributed by atoms with E-state index >= 15 is 0 Å². The molecule has 142 valence electrons. The third kappa shape index (κ3) is 4.44. The normalized spacial score (nSPS) is 10.9. The Morgan fingerprint density at radius 2 is 1.96 bits per heavy atom. The van der Waals surface area contributed by atoms with Crippen molar-refractivity contribution in [2.75, 3.05) is 13.7 Å². The minimum Gasteiger partial charge on any atom is -0.493 e. The predicted octanol–water partition coefficient (Wildman–Crippen LogP) is 3.65. The highest BCUT2D eigenvalue weighted by molar-refractivity contribution is 5.93. The van der Waals surface area contributed by atoms with Gasteiger partial charge in [0.15, 0.2) is 11.5 Å². The zero-order chi connectivity index (χ0) is 20.2. The summed E-state index contributed by atoms with van der Waals surface area (Å²) in [6.45, 7) is 2.76. The third-order valence-corrected chi connectivity index (χ3v) is 3.29. The van der Waals surface area contributed by atoms with Crippen molar-refractivity contribution < 1.29 is 32.2 Å². The third-order valence-electron chi connectivity index (χ3n) is 3.29. The lowest BCUT2D eigenvalue weighted by atomic mass is 10.2. The molecule has 27 heavy (non-hydrogen) atoms. The largest absolute Gasteiger partial charge is 0.493 e. The van der Waals surface area contributed by atoms with Gasteiger partial charge in [0.1, 0.15) is 5.56 Å². The molecule has 0 saturated carbocycles. The Kier molecular flexibility index (Phi) is 5.85. The number of nitrogens with zero attached hydrogens (tertiary/aromatic N) is 3. The van der Waals surface area contributed by atoms with E-state index in [1.807, 2.05) is 6.07 Å². The number of halogens is 3.